The lowest BCUT2D eigenvalue weighted by Crippen LogP contribution is -2.44. The summed E-state index contributed by atoms with van der Waals surface area (Å²) in [5.41, 5.74) is 5.07. The first-order chi connectivity index (χ1) is 21.5. The zero-order chi connectivity index (χ0) is 30.4. The molecule has 2 aliphatic rings. The van der Waals surface area contributed by atoms with E-state index in [1.165, 1.54) is 0 Å². The summed E-state index contributed by atoms with van der Waals surface area (Å²) in [6.45, 7) is 0.273. The molecule has 0 bridgehead atoms. The third-order valence-electron chi connectivity index (χ3n) is 8.48. The van der Waals surface area contributed by atoms with Gasteiger partial charge in [0.05, 0.1) is 25.5 Å². The van der Waals surface area contributed by atoms with Crippen LogP contribution in [0.1, 0.15) is 38.8 Å². The number of H-pyrrole nitrogens is 1. The van der Waals surface area contributed by atoms with E-state index in [9.17, 15) is 14.4 Å². The van der Waals surface area contributed by atoms with E-state index in [0.29, 0.717) is 12.2 Å². The predicted octanol–water partition coefficient (Wildman–Crippen LogP) is 5.60. The minimum absolute atomic E-state index is 0.243. The molecule has 220 valence electrons. The number of rotatable bonds is 7. The van der Waals surface area contributed by atoms with Gasteiger partial charge in [0, 0.05) is 29.6 Å². The van der Waals surface area contributed by atoms with Gasteiger partial charge in [0.25, 0.3) is 11.8 Å². The number of fused-ring (bicyclic) bond motifs is 4. The maximum absolute atomic E-state index is 14.3. The molecule has 9 nitrogen and oxygen atoms in total. The number of nitrogens with one attached hydrogen (secondary N) is 2. The van der Waals surface area contributed by atoms with Crippen molar-refractivity contribution in [1.29, 1.82) is 0 Å². The number of hydrogen-bond donors (Lipinski definition) is 2. The SMILES string of the molecule is COc1ccc(CNC(=O)c2ccccc2N2C(=O)[C@@H]3Cc4c([nH]c5ccccc45)[C@H](c4ccc(OC)cc4)N3C2=O)cc1. The van der Waals surface area contributed by atoms with Gasteiger partial charge in [0.2, 0.25) is 0 Å². The lowest BCUT2D eigenvalue weighted by atomic mass is 9.89. The molecule has 0 spiro atoms. The lowest BCUT2D eigenvalue weighted by molar-refractivity contribution is -0.120. The fourth-order valence-electron chi connectivity index (χ4n) is 6.31. The minimum atomic E-state index is -0.739. The maximum Gasteiger partial charge on any atom is 0.332 e. The van der Waals surface area contributed by atoms with Gasteiger partial charge in [-0.15, -0.1) is 0 Å². The van der Waals surface area contributed by atoms with Crippen molar-refractivity contribution in [3.8, 4) is 11.5 Å². The number of carbonyl (C=O) groups excluding carboxylic acids is 3. The Morgan fingerprint density at radius 1 is 0.864 bits per heavy atom. The number of ether oxygens (including phenoxy) is 2. The maximum atomic E-state index is 14.3. The normalized spacial score (nSPS) is 17.4. The van der Waals surface area contributed by atoms with Gasteiger partial charge in [-0.2, -0.15) is 0 Å². The van der Waals surface area contributed by atoms with Crippen LogP contribution in [0.3, 0.4) is 0 Å². The quantitative estimate of drug-likeness (QED) is 0.242. The van der Waals surface area contributed by atoms with Gasteiger partial charge in [0.15, 0.2) is 0 Å². The highest BCUT2D eigenvalue weighted by Gasteiger charge is 2.53. The van der Waals surface area contributed by atoms with Gasteiger partial charge in [-0.05, 0) is 59.2 Å². The molecule has 7 rings (SSSR count). The van der Waals surface area contributed by atoms with E-state index >= 15 is 0 Å². The zero-order valence-corrected chi connectivity index (χ0v) is 24.2. The van der Waals surface area contributed by atoms with E-state index in [4.69, 9.17) is 9.47 Å². The fourth-order valence-corrected chi connectivity index (χ4v) is 6.31. The van der Waals surface area contributed by atoms with Crippen LogP contribution in [0.15, 0.2) is 97.1 Å². The summed E-state index contributed by atoms with van der Waals surface area (Å²) in [6.07, 6.45) is 0.360. The predicted molar refractivity (Wildman–Crippen MR) is 166 cm³/mol. The number of carbonyl (C=O) groups is 3. The zero-order valence-electron chi connectivity index (χ0n) is 24.2. The molecule has 0 radical (unpaired) electrons. The number of amides is 4. The van der Waals surface area contributed by atoms with Crippen LogP contribution in [0.4, 0.5) is 10.5 Å². The summed E-state index contributed by atoms with van der Waals surface area (Å²) in [7, 11) is 3.20. The van der Waals surface area contributed by atoms with Crippen LogP contribution in [-0.4, -0.2) is 48.0 Å². The topological polar surface area (TPSA) is 104 Å². The molecule has 1 aromatic heterocycles. The fraction of sp³-hybridized carbons (Fsp3) is 0.171. The van der Waals surface area contributed by atoms with Gasteiger partial charge >= 0.3 is 6.03 Å². The van der Waals surface area contributed by atoms with Gasteiger partial charge in [-0.1, -0.05) is 54.6 Å². The molecule has 2 atom stereocenters. The highest BCUT2D eigenvalue weighted by molar-refractivity contribution is 6.24. The number of hydrogen-bond acceptors (Lipinski definition) is 5. The summed E-state index contributed by atoms with van der Waals surface area (Å²) in [5.74, 6) is 0.669. The Bertz CT molecular complexity index is 1900. The second-order valence-corrected chi connectivity index (χ2v) is 10.9. The van der Waals surface area contributed by atoms with E-state index in [-0.39, 0.29) is 29.6 Å². The molecular formula is C35H30N4O5. The van der Waals surface area contributed by atoms with Crippen molar-refractivity contribution in [3.63, 3.8) is 0 Å². The van der Waals surface area contributed by atoms with E-state index in [2.05, 4.69) is 10.3 Å². The Balaban J connectivity index is 1.25. The van der Waals surface area contributed by atoms with E-state index in [0.717, 1.165) is 43.9 Å². The molecule has 3 heterocycles. The second kappa shape index (κ2) is 10.9. The average Bonchev–Trinajstić information content (AvgIpc) is 3.56. The first kappa shape index (κ1) is 27.3. The Labute approximate surface area is 254 Å². The standard InChI is InChI=1S/C35H30N4O5/c1-43-23-15-11-21(12-16-23)20-36-33(40)26-8-4-6-10-29(26)39-34(41)30-19-27-25-7-3-5-9-28(25)37-31(27)32(38(30)35(39)42)22-13-17-24(44-2)18-14-22/h3-18,30,32,37H,19-20H2,1-2H3,(H,36,40)/t30-,32-/m0/s1. The van der Waals surface area contributed by atoms with Gasteiger partial charge in [-0.3, -0.25) is 14.5 Å². The molecule has 0 aliphatic carbocycles. The molecule has 0 unspecified atom stereocenters. The summed E-state index contributed by atoms with van der Waals surface area (Å²) < 4.78 is 10.6. The summed E-state index contributed by atoms with van der Waals surface area (Å²) in [5, 5.41) is 3.95. The van der Waals surface area contributed by atoms with Gasteiger partial charge < -0.3 is 19.8 Å². The van der Waals surface area contributed by atoms with Crippen LogP contribution in [0.5, 0.6) is 11.5 Å². The Kier molecular flexibility index (Phi) is 6.77. The number of para-hydroxylation sites is 2. The molecule has 44 heavy (non-hydrogen) atoms. The lowest BCUT2D eigenvalue weighted by Gasteiger charge is -2.36. The Hall–Kier alpha value is -5.57. The number of methoxy groups -OCH3 is 2. The molecule has 2 aliphatic heterocycles. The smallest absolute Gasteiger partial charge is 0.332 e. The van der Waals surface area contributed by atoms with Crippen LogP contribution >= 0.6 is 0 Å². The first-order valence-corrected chi connectivity index (χ1v) is 14.4. The number of anilines is 1. The molecule has 4 aromatic carbocycles. The third kappa shape index (κ3) is 4.44. The first-order valence-electron chi connectivity index (χ1n) is 14.4. The van der Waals surface area contributed by atoms with Crippen LogP contribution in [0.25, 0.3) is 10.9 Å². The Morgan fingerprint density at radius 2 is 1.52 bits per heavy atom. The Morgan fingerprint density at radius 3 is 2.25 bits per heavy atom. The van der Waals surface area contributed by atoms with Crippen LogP contribution in [0, 0.1) is 0 Å². The van der Waals surface area contributed by atoms with E-state index < -0.39 is 18.1 Å². The van der Waals surface area contributed by atoms with Crippen molar-refractivity contribution in [2.24, 2.45) is 0 Å². The van der Waals surface area contributed by atoms with Crippen molar-refractivity contribution >= 4 is 34.4 Å². The monoisotopic (exact) mass is 586 g/mol. The number of imide groups is 1. The molecule has 2 N–H and O–H groups in total. The van der Waals surface area contributed by atoms with Crippen LogP contribution < -0.4 is 19.7 Å². The summed E-state index contributed by atoms with van der Waals surface area (Å²) >= 11 is 0. The molecule has 1 fully saturated rings. The third-order valence-corrected chi connectivity index (χ3v) is 8.48. The molecule has 4 amide bonds. The second-order valence-electron chi connectivity index (χ2n) is 10.9. The highest BCUT2D eigenvalue weighted by atomic mass is 16.5. The van der Waals surface area contributed by atoms with Crippen molar-refractivity contribution < 1.29 is 23.9 Å². The van der Waals surface area contributed by atoms with E-state index in [1.54, 1.807) is 43.4 Å². The van der Waals surface area contributed by atoms with Gasteiger partial charge in [-0.25, -0.2) is 9.69 Å². The van der Waals surface area contributed by atoms with Gasteiger partial charge in [0.1, 0.15) is 23.6 Å². The van der Waals surface area contributed by atoms with Crippen molar-refractivity contribution in [1.82, 2.24) is 15.2 Å². The highest BCUT2D eigenvalue weighted by Crippen LogP contribution is 2.45. The minimum Gasteiger partial charge on any atom is -0.497 e. The molecule has 0 saturated carbocycles. The van der Waals surface area contributed by atoms with Crippen LogP contribution in [0.2, 0.25) is 0 Å². The molecular weight excluding hydrogens is 556 g/mol. The number of benzene rings is 4. The largest absolute Gasteiger partial charge is 0.497 e. The number of aromatic amines is 1. The van der Waals surface area contributed by atoms with Crippen molar-refractivity contribution in [2.75, 3.05) is 19.1 Å². The van der Waals surface area contributed by atoms with Crippen molar-refractivity contribution in [3.05, 3.63) is 125 Å². The van der Waals surface area contributed by atoms with Crippen molar-refractivity contribution in [2.45, 2.75) is 25.0 Å². The summed E-state index contributed by atoms with van der Waals surface area (Å²) in [6, 6.07) is 27.9. The average molecular weight is 587 g/mol. The number of urea groups is 1. The molecule has 5 aromatic rings. The van der Waals surface area contributed by atoms with E-state index in [1.807, 2.05) is 72.8 Å². The number of nitrogens with zero attached hydrogens (tertiary/aromatic N) is 2. The molecule has 9 heteroatoms. The number of aromatic nitrogens is 1. The van der Waals surface area contributed by atoms with Crippen LogP contribution in [-0.2, 0) is 17.8 Å². The molecule has 1 saturated heterocycles. The summed E-state index contributed by atoms with van der Waals surface area (Å²) in [4.78, 5) is 48.4.